The van der Waals surface area contributed by atoms with Gasteiger partial charge in [0.15, 0.2) is 0 Å². The summed E-state index contributed by atoms with van der Waals surface area (Å²) in [6.45, 7) is 1.75. The van der Waals surface area contributed by atoms with E-state index in [0.29, 0.717) is 0 Å². The zero-order valence-corrected chi connectivity index (χ0v) is 6.78. The summed E-state index contributed by atoms with van der Waals surface area (Å²) in [4.78, 5) is 7.07. The molecule has 0 saturated carbocycles. The summed E-state index contributed by atoms with van der Waals surface area (Å²) in [5, 5.41) is 10.4. The van der Waals surface area contributed by atoms with Crippen molar-refractivity contribution in [2.45, 2.75) is 13.0 Å². The Kier molecular flexibility index (Phi) is 1.59. The molecule has 2 aromatic heterocycles. The van der Waals surface area contributed by atoms with Crippen LogP contribution in [0.2, 0.25) is 0 Å². The molecule has 0 radical (unpaired) electrons. The Labute approximate surface area is 70.1 Å². The van der Waals surface area contributed by atoms with Gasteiger partial charge in [-0.05, 0) is 13.0 Å². The van der Waals surface area contributed by atoms with Gasteiger partial charge in [-0.15, -0.1) is 0 Å². The number of aliphatic hydroxyl groups excluding tert-OH is 1. The van der Waals surface area contributed by atoms with Crippen LogP contribution in [0.5, 0.6) is 0 Å². The van der Waals surface area contributed by atoms with Crippen molar-refractivity contribution in [2.75, 3.05) is 0 Å². The molecule has 2 rings (SSSR count). The van der Waals surface area contributed by atoms with Gasteiger partial charge in [0.25, 0.3) is 0 Å². The van der Waals surface area contributed by atoms with Crippen molar-refractivity contribution in [3.63, 3.8) is 0 Å². The maximum atomic E-state index is 9.36. The number of nitrogens with zero attached hydrogens (tertiary/aromatic N) is 1. The minimum absolute atomic E-state index is 0.442. The number of aromatic nitrogens is 2. The van der Waals surface area contributed by atoms with Crippen molar-refractivity contribution in [3.8, 4) is 0 Å². The topological polar surface area (TPSA) is 48.9 Å². The predicted molar refractivity (Wildman–Crippen MR) is 46.7 cm³/mol. The molecule has 2 heterocycles. The average Bonchev–Trinajstić information content (AvgIpc) is 2.47. The number of nitrogens with one attached hydrogen (secondary N) is 1. The molecule has 0 aliphatic heterocycles. The molecule has 0 bridgehead atoms. The van der Waals surface area contributed by atoms with Gasteiger partial charge in [0.2, 0.25) is 0 Å². The van der Waals surface area contributed by atoms with Crippen molar-refractivity contribution in [1.29, 1.82) is 0 Å². The number of pyridine rings is 1. The molecule has 1 atom stereocenters. The summed E-state index contributed by atoms with van der Waals surface area (Å²) in [6, 6.07) is 1.89. The lowest BCUT2D eigenvalue weighted by atomic mass is 10.1. The zero-order valence-electron chi connectivity index (χ0n) is 6.78. The highest BCUT2D eigenvalue weighted by Gasteiger charge is 2.06. The predicted octanol–water partition coefficient (Wildman–Crippen LogP) is 1.62. The fourth-order valence-electron chi connectivity index (χ4n) is 1.33. The molecule has 0 amide bonds. The van der Waals surface area contributed by atoms with Gasteiger partial charge in [0.1, 0.15) is 0 Å². The molecular weight excluding hydrogens is 152 g/mol. The van der Waals surface area contributed by atoms with E-state index in [-0.39, 0.29) is 0 Å². The van der Waals surface area contributed by atoms with Crippen molar-refractivity contribution in [2.24, 2.45) is 0 Å². The van der Waals surface area contributed by atoms with E-state index in [4.69, 9.17) is 0 Å². The lowest BCUT2D eigenvalue weighted by Gasteiger charge is -1.99. The average molecular weight is 162 g/mol. The molecule has 3 nitrogen and oxygen atoms in total. The van der Waals surface area contributed by atoms with Crippen molar-refractivity contribution < 1.29 is 5.11 Å². The summed E-state index contributed by atoms with van der Waals surface area (Å²) in [5.41, 5.74) is 1.92. The molecule has 0 fully saturated rings. The smallest absolute Gasteiger partial charge is 0.0783 e. The van der Waals surface area contributed by atoms with Crippen LogP contribution in [0.25, 0.3) is 10.9 Å². The molecule has 0 saturated heterocycles. The van der Waals surface area contributed by atoms with Gasteiger partial charge in [-0.1, -0.05) is 0 Å². The Bertz CT molecular complexity index is 392. The van der Waals surface area contributed by atoms with Crippen LogP contribution in [0.1, 0.15) is 18.6 Å². The summed E-state index contributed by atoms with van der Waals surface area (Å²) < 4.78 is 0. The third kappa shape index (κ3) is 0.987. The van der Waals surface area contributed by atoms with Gasteiger partial charge in [-0.3, -0.25) is 4.98 Å². The summed E-state index contributed by atoms with van der Waals surface area (Å²) in [6.07, 6.45) is 4.86. The SMILES string of the molecule is C[C@@H](O)c1c[nH]c2ccncc12. The van der Waals surface area contributed by atoms with Gasteiger partial charge < -0.3 is 10.1 Å². The number of aromatic amines is 1. The second-order valence-electron chi connectivity index (χ2n) is 2.84. The van der Waals surface area contributed by atoms with Crippen LogP contribution in [-0.2, 0) is 0 Å². The van der Waals surface area contributed by atoms with Crippen LogP contribution < -0.4 is 0 Å². The fraction of sp³-hybridized carbons (Fsp3) is 0.222. The van der Waals surface area contributed by atoms with Gasteiger partial charge in [0.05, 0.1) is 6.10 Å². The second kappa shape index (κ2) is 2.60. The lowest BCUT2D eigenvalue weighted by molar-refractivity contribution is 0.201. The van der Waals surface area contributed by atoms with Crippen molar-refractivity contribution in [3.05, 3.63) is 30.2 Å². The third-order valence-corrected chi connectivity index (χ3v) is 1.97. The van der Waals surface area contributed by atoms with E-state index < -0.39 is 6.10 Å². The standard InChI is InChI=1S/C9H10N2O/c1-6(12)7-5-11-9-2-3-10-4-8(7)9/h2-6,11-12H,1H3/t6-/m1/s1. The first-order valence-corrected chi connectivity index (χ1v) is 3.88. The third-order valence-electron chi connectivity index (χ3n) is 1.97. The van der Waals surface area contributed by atoms with E-state index in [0.717, 1.165) is 16.5 Å². The molecule has 0 aliphatic carbocycles. The number of fused-ring (bicyclic) bond motifs is 1. The molecule has 3 heteroatoms. The Morgan fingerprint density at radius 2 is 2.42 bits per heavy atom. The maximum absolute atomic E-state index is 9.36. The van der Waals surface area contributed by atoms with E-state index in [1.807, 2.05) is 12.3 Å². The lowest BCUT2D eigenvalue weighted by Crippen LogP contribution is -1.87. The van der Waals surface area contributed by atoms with E-state index in [2.05, 4.69) is 9.97 Å². The Hall–Kier alpha value is -1.35. The van der Waals surface area contributed by atoms with Crippen LogP contribution in [-0.4, -0.2) is 15.1 Å². The monoisotopic (exact) mass is 162 g/mol. The first-order valence-electron chi connectivity index (χ1n) is 3.88. The molecule has 2 aromatic rings. The number of rotatable bonds is 1. The first kappa shape index (κ1) is 7.31. The highest BCUT2D eigenvalue weighted by molar-refractivity contribution is 5.82. The Morgan fingerprint density at radius 1 is 1.58 bits per heavy atom. The Balaban J connectivity index is 2.70. The van der Waals surface area contributed by atoms with Crippen LogP contribution in [0.3, 0.4) is 0 Å². The van der Waals surface area contributed by atoms with Gasteiger partial charge in [-0.2, -0.15) is 0 Å². The van der Waals surface area contributed by atoms with Crippen LogP contribution in [0, 0.1) is 0 Å². The number of aliphatic hydroxyl groups is 1. The van der Waals surface area contributed by atoms with Gasteiger partial charge >= 0.3 is 0 Å². The van der Waals surface area contributed by atoms with E-state index in [9.17, 15) is 5.11 Å². The molecule has 0 aliphatic rings. The highest BCUT2D eigenvalue weighted by Crippen LogP contribution is 2.22. The van der Waals surface area contributed by atoms with E-state index in [1.54, 1.807) is 19.3 Å². The molecule has 0 unspecified atom stereocenters. The zero-order chi connectivity index (χ0) is 8.55. The maximum Gasteiger partial charge on any atom is 0.0783 e. The highest BCUT2D eigenvalue weighted by atomic mass is 16.3. The molecule has 0 spiro atoms. The fourth-order valence-corrected chi connectivity index (χ4v) is 1.33. The largest absolute Gasteiger partial charge is 0.389 e. The molecular formula is C9H10N2O. The number of hydrogen-bond donors (Lipinski definition) is 2. The van der Waals surface area contributed by atoms with Crippen molar-refractivity contribution in [1.82, 2.24) is 9.97 Å². The van der Waals surface area contributed by atoms with E-state index in [1.165, 1.54) is 0 Å². The summed E-state index contributed by atoms with van der Waals surface area (Å²) in [5.74, 6) is 0. The van der Waals surface area contributed by atoms with Crippen molar-refractivity contribution >= 4 is 10.9 Å². The minimum atomic E-state index is -0.442. The summed E-state index contributed by atoms with van der Waals surface area (Å²) in [7, 11) is 0. The van der Waals surface area contributed by atoms with Gasteiger partial charge in [0, 0.05) is 35.1 Å². The number of hydrogen-bond acceptors (Lipinski definition) is 2. The Morgan fingerprint density at radius 3 is 3.17 bits per heavy atom. The molecule has 62 valence electrons. The normalized spacial score (nSPS) is 13.5. The second-order valence-corrected chi connectivity index (χ2v) is 2.84. The molecule has 0 aromatic carbocycles. The molecule has 12 heavy (non-hydrogen) atoms. The molecule has 2 N–H and O–H groups in total. The minimum Gasteiger partial charge on any atom is -0.389 e. The van der Waals surface area contributed by atoms with Crippen LogP contribution in [0.4, 0.5) is 0 Å². The van der Waals surface area contributed by atoms with Crippen LogP contribution >= 0.6 is 0 Å². The quantitative estimate of drug-likeness (QED) is 0.669. The van der Waals surface area contributed by atoms with Gasteiger partial charge in [-0.25, -0.2) is 0 Å². The summed E-state index contributed by atoms with van der Waals surface area (Å²) >= 11 is 0. The van der Waals surface area contributed by atoms with Crippen LogP contribution in [0.15, 0.2) is 24.7 Å². The number of H-pyrrole nitrogens is 1. The van der Waals surface area contributed by atoms with E-state index >= 15 is 0 Å². The first-order chi connectivity index (χ1) is 5.79.